The monoisotopic (exact) mass is 359 g/mol. The maximum atomic E-state index is 13.5. The van der Waals surface area contributed by atoms with E-state index in [-0.39, 0.29) is 17.3 Å². The number of ether oxygens (including phenoxy) is 1. The Morgan fingerprint density at radius 3 is 2.72 bits per heavy atom. The molecule has 0 saturated heterocycles. The lowest BCUT2D eigenvalue weighted by Crippen LogP contribution is -2.15. The minimum Gasteiger partial charge on any atom is -0.497 e. The first kappa shape index (κ1) is 16.9. The lowest BCUT2D eigenvalue weighted by atomic mass is 10.3. The standard InChI is InChI=1S/C16H14FN5O2S/c1-24-12-8-6-11(7-9-12)22-16(19-20-21-22)25-10-15(23)18-14-5-3-2-4-13(14)17/h2-9H,10H2,1H3,(H,18,23). The summed E-state index contributed by atoms with van der Waals surface area (Å²) in [6.07, 6.45) is 0. The molecule has 128 valence electrons. The molecule has 1 amide bonds. The number of tetrazole rings is 1. The molecule has 0 fully saturated rings. The Morgan fingerprint density at radius 1 is 1.24 bits per heavy atom. The van der Waals surface area contributed by atoms with E-state index < -0.39 is 5.82 Å². The first-order valence-corrected chi connectivity index (χ1v) is 8.26. The van der Waals surface area contributed by atoms with E-state index in [0.29, 0.717) is 5.16 Å². The van der Waals surface area contributed by atoms with E-state index in [2.05, 4.69) is 20.8 Å². The van der Waals surface area contributed by atoms with Crippen molar-refractivity contribution in [3.63, 3.8) is 0 Å². The van der Waals surface area contributed by atoms with Gasteiger partial charge in [-0.15, -0.1) is 5.10 Å². The molecule has 0 saturated carbocycles. The van der Waals surface area contributed by atoms with Gasteiger partial charge in [0.25, 0.3) is 0 Å². The lowest BCUT2D eigenvalue weighted by Gasteiger charge is -2.07. The van der Waals surface area contributed by atoms with Gasteiger partial charge in [-0.2, -0.15) is 4.68 Å². The summed E-state index contributed by atoms with van der Waals surface area (Å²) in [4.78, 5) is 12.0. The highest BCUT2D eigenvalue weighted by atomic mass is 32.2. The SMILES string of the molecule is COc1ccc(-n2nnnc2SCC(=O)Nc2ccccc2F)cc1. The molecule has 0 bridgehead atoms. The predicted molar refractivity (Wildman–Crippen MR) is 91.5 cm³/mol. The number of hydrogen-bond donors (Lipinski definition) is 1. The van der Waals surface area contributed by atoms with Gasteiger partial charge in [0.15, 0.2) is 0 Å². The number of carbonyl (C=O) groups excluding carboxylic acids is 1. The molecule has 0 radical (unpaired) electrons. The van der Waals surface area contributed by atoms with Gasteiger partial charge in [-0.25, -0.2) is 4.39 Å². The summed E-state index contributed by atoms with van der Waals surface area (Å²) in [6.45, 7) is 0. The van der Waals surface area contributed by atoms with Gasteiger partial charge in [0.1, 0.15) is 11.6 Å². The molecule has 0 aliphatic heterocycles. The highest BCUT2D eigenvalue weighted by Gasteiger charge is 2.12. The second kappa shape index (κ2) is 7.75. The number of para-hydroxylation sites is 1. The number of carbonyl (C=O) groups is 1. The average molecular weight is 359 g/mol. The summed E-state index contributed by atoms with van der Waals surface area (Å²) in [5, 5.41) is 14.4. The molecular formula is C16H14FN5O2S. The van der Waals surface area contributed by atoms with Crippen LogP contribution < -0.4 is 10.1 Å². The van der Waals surface area contributed by atoms with E-state index in [1.165, 1.54) is 16.8 Å². The maximum Gasteiger partial charge on any atom is 0.234 e. The van der Waals surface area contributed by atoms with Gasteiger partial charge < -0.3 is 10.1 Å². The number of amides is 1. The van der Waals surface area contributed by atoms with Crippen LogP contribution in [-0.2, 0) is 4.79 Å². The minimum atomic E-state index is -0.482. The Morgan fingerprint density at radius 2 is 2.00 bits per heavy atom. The quantitative estimate of drug-likeness (QED) is 0.681. The van der Waals surface area contributed by atoms with E-state index >= 15 is 0 Å². The zero-order chi connectivity index (χ0) is 17.6. The summed E-state index contributed by atoms with van der Waals surface area (Å²) in [5.74, 6) is -0.0659. The lowest BCUT2D eigenvalue weighted by molar-refractivity contribution is -0.113. The Bertz CT molecular complexity index is 869. The fourth-order valence-corrected chi connectivity index (χ4v) is 2.72. The zero-order valence-corrected chi connectivity index (χ0v) is 14.0. The molecule has 1 N–H and O–H groups in total. The second-order valence-electron chi connectivity index (χ2n) is 4.89. The summed E-state index contributed by atoms with van der Waals surface area (Å²) >= 11 is 1.15. The average Bonchev–Trinajstić information content (AvgIpc) is 3.10. The fraction of sp³-hybridized carbons (Fsp3) is 0.125. The second-order valence-corrected chi connectivity index (χ2v) is 5.83. The molecule has 9 heteroatoms. The Kier molecular flexibility index (Phi) is 5.24. The molecule has 0 aliphatic carbocycles. The van der Waals surface area contributed by atoms with Gasteiger partial charge in [-0.1, -0.05) is 23.9 Å². The summed E-state index contributed by atoms with van der Waals surface area (Å²) < 4.78 is 20.2. The van der Waals surface area contributed by atoms with E-state index in [4.69, 9.17) is 4.74 Å². The van der Waals surface area contributed by atoms with Crippen molar-refractivity contribution in [2.24, 2.45) is 0 Å². The third kappa shape index (κ3) is 4.13. The molecular weight excluding hydrogens is 345 g/mol. The zero-order valence-electron chi connectivity index (χ0n) is 13.2. The van der Waals surface area contributed by atoms with Crippen molar-refractivity contribution in [3.8, 4) is 11.4 Å². The van der Waals surface area contributed by atoms with Gasteiger partial charge in [-0.05, 0) is 46.8 Å². The highest BCUT2D eigenvalue weighted by Crippen LogP contribution is 2.21. The number of methoxy groups -OCH3 is 1. The molecule has 25 heavy (non-hydrogen) atoms. The van der Waals surface area contributed by atoms with Crippen LogP contribution in [0.2, 0.25) is 0 Å². The third-order valence-corrected chi connectivity index (χ3v) is 4.16. The van der Waals surface area contributed by atoms with Gasteiger partial charge in [0, 0.05) is 0 Å². The van der Waals surface area contributed by atoms with Crippen LogP contribution in [0.25, 0.3) is 5.69 Å². The fourth-order valence-electron chi connectivity index (χ4n) is 2.03. The number of anilines is 1. The van der Waals surface area contributed by atoms with Crippen molar-refractivity contribution in [3.05, 3.63) is 54.3 Å². The number of nitrogens with one attached hydrogen (secondary N) is 1. The number of hydrogen-bond acceptors (Lipinski definition) is 6. The highest BCUT2D eigenvalue weighted by molar-refractivity contribution is 7.99. The molecule has 0 atom stereocenters. The summed E-state index contributed by atoms with van der Waals surface area (Å²) in [6, 6.07) is 13.2. The number of benzene rings is 2. The van der Waals surface area contributed by atoms with Gasteiger partial charge in [0.05, 0.1) is 24.2 Å². The van der Waals surface area contributed by atoms with Crippen molar-refractivity contribution in [2.45, 2.75) is 5.16 Å². The van der Waals surface area contributed by atoms with Crippen LogP contribution >= 0.6 is 11.8 Å². The van der Waals surface area contributed by atoms with E-state index in [1.807, 2.05) is 0 Å². The van der Waals surface area contributed by atoms with Crippen LogP contribution in [0.1, 0.15) is 0 Å². The predicted octanol–water partition coefficient (Wildman–Crippen LogP) is 2.54. The first-order chi connectivity index (χ1) is 12.2. The Balaban J connectivity index is 1.65. The molecule has 1 aromatic heterocycles. The molecule has 0 unspecified atom stereocenters. The number of rotatable bonds is 6. The summed E-state index contributed by atoms with van der Waals surface area (Å²) in [7, 11) is 1.58. The normalized spacial score (nSPS) is 10.5. The Hall–Kier alpha value is -2.94. The smallest absolute Gasteiger partial charge is 0.234 e. The van der Waals surface area contributed by atoms with Crippen LogP contribution in [-0.4, -0.2) is 39.0 Å². The van der Waals surface area contributed by atoms with E-state index in [9.17, 15) is 9.18 Å². The third-order valence-electron chi connectivity index (χ3n) is 3.24. The molecule has 1 heterocycles. The molecule has 0 spiro atoms. The van der Waals surface area contributed by atoms with E-state index in [1.54, 1.807) is 43.5 Å². The van der Waals surface area contributed by atoms with E-state index in [0.717, 1.165) is 23.2 Å². The van der Waals surface area contributed by atoms with Crippen LogP contribution in [0.3, 0.4) is 0 Å². The molecule has 3 aromatic rings. The van der Waals surface area contributed by atoms with Crippen molar-refractivity contribution < 1.29 is 13.9 Å². The molecule has 7 nitrogen and oxygen atoms in total. The van der Waals surface area contributed by atoms with Gasteiger partial charge in [0.2, 0.25) is 11.1 Å². The van der Waals surface area contributed by atoms with Crippen LogP contribution in [0, 0.1) is 5.82 Å². The molecule has 3 rings (SSSR count). The van der Waals surface area contributed by atoms with Crippen molar-refractivity contribution >= 4 is 23.4 Å². The van der Waals surface area contributed by atoms with Crippen LogP contribution in [0.15, 0.2) is 53.7 Å². The number of thioether (sulfide) groups is 1. The molecule has 2 aromatic carbocycles. The number of nitrogens with zero attached hydrogens (tertiary/aromatic N) is 4. The van der Waals surface area contributed by atoms with Crippen molar-refractivity contribution in [1.82, 2.24) is 20.2 Å². The van der Waals surface area contributed by atoms with Crippen LogP contribution in [0.5, 0.6) is 5.75 Å². The van der Waals surface area contributed by atoms with Crippen molar-refractivity contribution in [1.29, 1.82) is 0 Å². The van der Waals surface area contributed by atoms with Gasteiger partial charge >= 0.3 is 0 Å². The van der Waals surface area contributed by atoms with Crippen molar-refractivity contribution in [2.75, 3.05) is 18.2 Å². The minimum absolute atomic E-state index is 0.0465. The van der Waals surface area contributed by atoms with Gasteiger partial charge in [-0.3, -0.25) is 4.79 Å². The maximum absolute atomic E-state index is 13.5. The largest absolute Gasteiger partial charge is 0.497 e. The number of halogens is 1. The Labute approximate surface area is 147 Å². The molecule has 0 aliphatic rings. The topological polar surface area (TPSA) is 81.9 Å². The first-order valence-electron chi connectivity index (χ1n) is 7.27. The van der Waals surface area contributed by atoms with Crippen LogP contribution in [0.4, 0.5) is 10.1 Å². The summed E-state index contributed by atoms with van der Waals surface area (Å²) in [5.41, 5.74) is 0.880. The number of aromatic nitrogens is 4.